The van der Waals surface area contributed by atoms with Crippen molar-refractivity contribution in [1.82, 2.24) is 5.01 Å². The molecule has 4 aromatic carbocycles. The van der Waals surface area contributed by atoms with E-state index in [1.165, 1.54) is 4.90 Å². The van der Waals surface area contributed by atoms with Crippen LogP contribution in [0.3, 0.4) is 0 Å². The van der Waals surface area contributed by atoms with E-state index in [1.54, 1.807) is 29.4 Å². The fourth-order valence-electron chi connectivity index (χ4n) is 5.98. The monoisotopic (exact) mass is 486 g/mol. The van der Waals surface area contributed by atoms with Gasteiger partial charge < -0.3 is 5.32 Å². The second-order valence-corrected chi connectivity index (χ2v) is 9.59. The van der Waals surface area contributed by atoms with Crippen LogP contribution in [0.1, 0.15) is 17.2 Å². The smallest absolute Gasteiger partial charge is 0.249 e. The van der Waals surface area contributed by atoms with Crippen LogP contribution in [-0.2, 0) is 14.4 Å². The van der Waals surface area contributed by atoms with Crippen molar-refractivity contribution in [2.75, 3.05) is 10.2 Å². The highest BCUT2D eigenvalue weighted by Gasteiger charge is 2.65. The van der Waals surface area contributed by atoms with Crippen LogP contribution >= 0.6 is 0 Å². The van der Waals surface area contributed by atoms with Crippen molar-refractivity contribution in [3.05, 3.63) is 108 Å². The van der Waals surface area contributed by atoms with Gasteiger partial charge >= 0.3 is 0 Å². The van der Waals surface area contributed by atoms with Crippen molar-refractivity contribution >= 4 is 46.1 Å². The fraction of sp³-hybridized carbons (Fsp3) is 0.133. The lowest BCUT2D eigenvalue weighted by Gasteiger charge is -2.33. The minimum Gasteiger partial charge on any atom is -0.324 e. The van der Waals surface area contributed by atoms with Gasteiger partial charge in [-0.25, -0.2) is 4.90 Å². The van der Waals surface area contributed by atoms with E-state index in [0.717, 1.165) is 21.9 Å². The van der Waals surface area contributed by atoms with E-state index in [9.17, 15) is 14.4 Å². The number of carbonyl (C=O) groups is 3. The predicted octanol–water partition coefficient (Wildman–Crippen LogP) is 4.36. The van der Waals surface area contributed by atoms with Crippen LogP contribution in [0.2, 0.25) is 0 Å². The molecule has 7 heteroatoms. The summed E-state index contributed by atoms with van der Waals surface area (Å²) in [6.45, 7) is 0. The van der Waals surface area contributed by atoms with Crippen LogP contribution in [0.15, 0.2) is 102 Å². The Morgan fingerprint density at radius 3 is 2.30 bits per heavy atom. The van der Waals surface area contributed by atoms with Crippen molar-refractivity contribution in [3.8, 4) is 0 Å². The summed E-state index contributed by atoms with van der Waals surface area (Å²) in [6.07, 6.45) is 1.70. The average Bonchev–Trinajstić information content (AvgIpc) is 3.41. The Bertz CT molecular complexity index is 1620. The van der Waals surface area contributed by atoms with Gasteiger partial charge in [0.2, 0.25) is 17.7 Å². The van der Waals surface area contributed by atoms with Gasteiger partial charge in [0.1, 0.15) is 6.04 Å². The van der Waals surface area contributed by atoms with Gasteiger partial charge in [0.25, 0.3) is 0 Å². The van der Waals surface area contributed by atoms with E-state index in [2.05, 4.69) is 10.4 Å². The lowest BCUT2D eigenvalue weighted by Crippen LogP contribution is -2.46. The first-order valence-corrected chi connectivity index (χ1v) is 12.3. The summed E-state index contributed by atoms with van der Waals surface area (Å²) in [5.74, 6) is -2.63. The van der Waals surface area contributed by atoms with Crippen LogP contribution in [0.25, 0.3) is 10.8 Å². The van der Waals surface area contributed by atoms with Crippen molar-refractivity contribution in [1.29, 1.82) is 0 Å². The molecule has 0 radical (unpaired) electrons. The van der Waals surface area contributed by atoms with Crippen LogP contribution in [-0.4, -0.2) is 35.0 Å². The van der Waals surface area contributed by atoms with Crippen LogP contribution < -0.4 is 10.2 Å². The SMILES string of the molecule is O=C(Nc1ccccc1)[C@@H]1[C@@H]2C(=O)N(c3ccc4ccccc4c3)C(=O)[C@H]2[C@H]2c3ccccc3C=NN12. The zero-order valence-electron chi connectivity index (χ0n) is 19.7. The molecule has 2 saturated heterocycles. The number of amides is 3. The second-order valence-electron chi connectivity index (χ2n) is 9.59. The lowest BCUT2D eigenvalue weighted by atomic mass is 9.85. The molecule has 37 heavy (non-hydrogen) atoms. The number of imide groups is 1. The number of hydrogen-bond acceptors (Lipinski definition) is 5. The maximum absolute atomic E-state index is 14.0. The number of rotatable bonds is 3. The highest BCUT2D eigenvalue weighted by atomic mass is 16.2. The third kappa shape index (κ3) is 3.20. The van der Waals surface area contributed by atoms with Crippen molar-refractivity contribution in [2.45, 2.75) is 12.1 Å². The van der Waals surface area contributed by atoms with Gasteiger partial charge in [0.05, 0.1) is 29.8 Å². The number of para-hydroxylation sites is 1. The molecular weight excluding hydrogens is 464 g/mol. The average molecular weight is 487 g/mol. The zero-order valence-corrected chi connectivity index (χ0v) is 19.7. The first-order chi connectivity index (χ1) is 18.1. The van der Waals surface area contributed by atoms with Crippen molar-refractivity contribution < 1.29 is 14.4 Å². The molecule has 0 saturated carbocycles. The maximum atomic E-state index is 14.0. The Hall–Kier alpha value is -4.78. The molecule has 0 aliphatic carbocycles. The summed E-state index contributed by atoms with van der Waals surface area (Å²) in [7, 11) is 0. The Morgan fingerprint density at radius 2 is 1.46 bits per heavy atom. The highest BCUT2D eigenvalue weighted by molar-refractivity contribution is 6.24. The predicted molar refractivity (Wildman–Crippen MR) is 141 cm³/mol. The Labute approximate surface area is 213 Å². The minimum absolute atomic E-state index is 0.304. The third-order valence-corrected chi connectivity index (χ3v) is 7.59. The molecule has 3 amide bonds. The molecule has 3 aliphatic heterocycles. The van der Waals surface area contributed by atoms with Gasteiger partial charge in [-0.15, -0.1) is 0 Å². The summed E-state index contributed by atoms with van der Waals surface area (Å²) in [4.78, 5) is 43.0. The van der Waals surface area contributed by atoms with Crippen LogP contribution in [0.4, 0.5) is 11.4 Å². The minimum atomic E-state index is -0.929. The second kappa shape index (κ2) is 8.13. The molecule has 7 rings (SSSR count). The van der Waals surface area contributed by atoms with E-state index >= 15 is 0 Å². The number of hydrazone groups is 1. The Kier molecular flexibility index (Phi) is 4.72. The van der Waals surface area contributed by atoms with Crippen molar-refractivity contribution in [2.24, 2.45) is 16.9 Å². The molecule has 0 bridgehead atoms. The van der Waals surface area contributed by atoms with E-state index in [-0.39, 0.29) is 17.7 Å². The maximum Gasteiger partial charge on any atom is 0.249 e. The molecule has 4 atom stereocenters. The summed E-state index contributed by atoms with van der Waals surface area (Å²) < 4.78 is 0. The molecule has 180 valence electrons. The molecule has 3 aliphatic rings. The molecule has 0 aromatic heterocycles. The third-order valence-electron chi connectivity index (χ3n) is 7.59. The van der Waals surface area contributed by atoms with E-state index in [4.69, 9.17) is 0 Å². The number of hydrogen-bond donors (Lipinski definition) is 1. The fourth-order valence-corrected chi connectivity index (χ4v) is 5.98. The number of fused-ring (bicyclic) bond motifs is 6. The summed E-state index contributed by atoms with van der Waals surface area (Å²) in [5.41, 5.74) is 2.92. The molecule has 2 fully saturated rings. The number of benzene rings is 4. The van der Waals surface area contributed by atoms with E-state index in [0.29, 0.717) is 11.4 Å². The number of anilines is 2. The largest absolute Gasteiger partial charge is 0.324 e. The quantitative estimate of drug-likeness (QED) is 0.437. The first-order valence-electron chi connectivity index (χ1n) is 12.3. The molecule has 1 N–H and O–H groups in total. The van der Waals surface area contributed by atoms with Gasteiger partial charge in [-0.2, -0.15) is 5.10 Å². The van der Waals surface area contributed by atoms with Gasteiger partial charge in [-0.1, -0.05) is 72.8 Å². The molecular formula is C30H22N4O3. The topological polar surface area (TPSA) is 82.1 Å². The van der Waals surface area contributed by atoms with Gasteiger partial charge in [0.15, 0.2) is 0 Å². The highest BCUT2D eigenvalue weighted by Crippen LogP contribution is 2.52. The number of nitrogens with zero attached hydrogens (tertiary/aromatic N) is 3. The lowest BCUT2D eigenvalue weighted by molar-refractivity contribution is -0.129. The molecule has 4 aromatic rings. The first kappa shape index (κ1) is 21.5. The van der Waals surface area contributed by atoms with Crippen LogP contribution in [0.5, 0.6) is 0 Å². The summed E-state index contributed by atoms with van der Waals surface area (Å²) >= 11 is 0. The molecule has 7 nitrogen and oxygen atoms in total. The number of carbonyl (C=O) groups excluding carboxylic acids is 3. The van der Waals surface area contributed by atoms with Gasteiger partial charge in [-0.3, -0.25) is 19.4 Å². The molecule has 0 spiro atoms. The van der Waals surface area contributed by atoms with Gasteiger partial charge in [0, 0.05) is 5.69 Å². The van der Waals surface area contributed by atoms with Gasteiger partial charge in [-0.05, 0) is 46.2 Å². The normalized spacial score (nSPS) is 23.7. The van der Waals surface area contributed by atoms with Crippen molar-refractivity contribution in [3.63, 3.8) is 0 Å². The summed E-state index contributed by atoms with van der Waals surface area (Å²) in [6, 6.07) is 28.7. The Balaban J connectivity index is 1.33. The Morgan fingerprint density at radius 1 is 0.757 bits per heavy atom. The standard InChI is InChI=1S/C30H22N4O3/c35-28(32-21-11-2-1-3-12-21)27-25-24(26-23-13-7-6-10-20(23)17-31-34(26)27)29(36)33(30(25)37)22-15-14-18-8-4-5-9-19(18)16-22/h1-17,24-27H,(H,32,35)/t24-,25-,26-,27+/m1/s1. The van der Waals surface area contributed by atoms with E-state index < -0.39 is 23.9 Å². The molecule has 3 heterocycles. The zero-order chi connectivity index (χ0) is 25.1. The van der Waals surface area contributed by atoms with Crippen LogP contribution in [0, 0.1) is 11.8 Å². The number of nitrogens with one attached hydrogen (secondary N) is 1. The summed E-state index contributed by atoms with van der Waals surface area (Å²) in [5, 5.41) is 11.1. The van der Waals surface area contributed by atoms with E-state index in [1.807, 2.05) is 78.9 Å². The molecule has 0 unspecified atom stereocenters.